The van der Waals surface area contributed by atoms with E-state index < -0.39 is 17.8 Å². The summed E-state index contributed by atoms with van der Waals surface area (Å²) in [7, 11) is 0. The summed E-state index contributed by atoms with van der Waals surface area (Å²) in [6, 6.07) is 19.1. The fourth-order valence-corrected chi connectivity index (χ4v) is 6.13. The number of benzene rings is 2. The van der Waals surface area contributed by atoms with Crippen molar-refractivity contribution in [2.45, 2.75) is 94.6 Å². The van der Waals surface area contributed by atoms with Gasteiger partial charge in [-0.2, -0.15) is 0 Å². The topological polar surface area (TPSA) is 52.6 Å². The summed E-state index contributed by atoms with van der Waals surface area (Å²) in [5.41, 5.74) is 1.80. The third-order valence-corrected chi connectivity index (χ3v) is 9.66. The van der Waals surface area contributed by atoms with Crippen molar-refractivity contribution in [2.24, 2.45) is 23.7 Å². The number of ether oxygens (including phenoxy) is 2. The minimum Gasteiger partial charge on any atom is -0.461 e. The minimum atomic E-state index is -0.638. The predicted molar refractivity (Wildman–Crippen MR) is 164 cm³/mol. The average molecular weight is 610 g/mol. The van der Waals surface area contributed by atoms with Crippen molar-refractivity contribution in [1.82, 2.24) is 0 Å². The van der Waals surface area contributed by atoms with Crippen LogP contribution in [-0.2, 0) is 32.3 Å². The molecule has 0 saturated heterocycles. The maximum absolute atomic E-state index is 13.3. The number of carbonyl (C=O) groups excluding carboxylic acids is 2. The van der Waals surface area contributed by atoms with Crippen LogP contribution in [0.1, 0.15) is 76.8 Å². The lowest BCUT2D eigenvalue weighted by molar-refractivity contribution is -0.165. The van der Waals surface area contributed by atoms with Crippen LogP contribution in [0.5, 0.6) is 0 Å². The molecular weight excluding hydrogens is 567 g/mol. The van der Waals surface area contributed by atoms with Crippen LogP contribution in [0.15, 0.2) is 60.7 Å². The summed E-state index contributed by atoms with van der Waals surface area (Å²) >= 11 is 20.1. The van der Waals surface area contributed by atoms with E-state index in [1.807, 2.05) is 60.7 Å². The number of carbonyl (C=O) groups is 2. The highest BCUT2D eigenvalue weighted by Gasteiger charge is 2.45. The Morgan fingerprint density at radius 3 is 1.88 bits per heavy atom. The first-order valence-electron chi connectivity index (χ1n) is 14.4. The van der Waals surface area contributed by atoms with E-state index in [-0.39, 0.29) is 40.7 Å². The molecule has 7 heteroatoms. The van der Waals surface area contributed by atoms with Gasteiger partial charge in [-0.05, 0) is 68.4 Å². The van der Waals surface area contributed by atoms with E-state index in [0.717, 1.165) is 43.2 Å². The van der Waals surface area contributed by atoms with Gasteiger partial charge in [-0.1, -0.05) is 80.9 Å². The second-order valence-electron chi connectivity index (χ2n) is 11.8. The van der Waals surface area contributed by atoms with Crippen LogP contribution in [0, 0.1) is 23.7 Å². The molecule has 4 nitrogen and oxygen atoms in total. The Hall–Kier alpha value is -1.75. The quantitative estimate of drug-likeness (QED) is 0.158. The Balaban J connectivity index is 1.62. The fraction of sp³-hybridized carbons (Fsp3) is 0.576. The van der Waals surface area contributed by atoms with E-state index in [9.17, 15) is 9.59 Å². The predicted octanol–water partition coefficient (Wildman–Crippen LogP) is 8.93. The Bertz CT molecular complexity index is 1040. The summed E-state index contributed by atoms with van der Waals surface area (Å²) in [4.78, 5) is 26.2. The molecule has 0 N–H and O–H groups in total. The van der Waals surface area contributed by atoms with Crippen LogP contribution in [-0.4, -0.2) is 27.6 Å². The molecule has 2 aromatic carbocycles. The minimum absolute atomic E-state index is 0.0815. The van der Waals surface area contributed by atoms with Crippen LogP contribution in [0.2, 0.25) is 0 Å². The standard InChI is InChI=1S/C33H43Cl3O4/c1-23(2)29(34)16-18-33(3,36)17-10-15-26-19-27(31(37)39-21-24-11-6-4-7-12-24)28(20-30(26)35)32(38)40-22-25-13-8-5-9-14-25/h4-9,11-14,23,26-30H,10,15-22H2,1-3H3. The van der Waals surface area contributed by atoms with Gasteiger partial charge in [-0.15, -0.1) is 34.8 Å². The average Bonchev–Trinajstić information content (AvgIpc) is 2.95. The molecule has 0 radical (unpaired) electrons. The molecular formula is C33H43Cl3O4. The lowest BCUT2D eigenvalue weighted by Gasteiger charge is -2.37. The van der Waals surface area contributed by atoms with Gasteiger partial charge < -0.3 is 9.47 Å². The molecule has 0 aliphatic heterocycles. The highest BCUT2D eigenvalue weighted by atomic mass is 35.5. The van der Waals surface area contributed by atoms with Crippen molar-refractivity contribution < 1.29 is 19.1 Å². The molecule has 2 aromatic rings. The van der Waals surface area contributed by atoms with Crippen LogP contribution in [0.4, 0.5) is 0 Å². The van der Waals surface area contributed by atoms with Gasteiger partial charge in [0.15, 0.2) is 0 Å². The van der Waals surface area contributed by atoms with E-state index in [2.05, 4.69) is 20.8 Å². The molecule has 3 rings (SSSR count). The molecule has 0 amide bonds. The lowest BCUT2D eigenvalue weighted by atomic mass is 9.72. The number of esters is 2. The first-order valence-corrected chi connectivity index (χ1v) is 15.7. The van der Waals surface area contributed by atoms with E-state index in [1.165, 1.54) is 0 Å². The Morgan fingerprint density at radius 1 is 0.875 bits per heavy atom. The van der Waals surface area contributed by atoms with Gasteiger partial charge in [0, 0.05) is 15.6 Å². The third-order valence-electron chi connectivity index (χ3n) is 8.02. The normalized spacial score (nSPS) is 23.3. The van der Waals surface area contributed by atoms with Crippen LogP contribution >= 0.6 is 34.8 Å². The molecule has 1 aliphatic rings. The number of rotatable bonds is 14. The highest BCUT2D eigenvalue weighted by molar-refractivity contribution is 6.24. The number of hydrogen-bond donors (Lipinski definition) is 0. The molecule has 1 fully saturated rings. The maximum atomic E-state index is 13.3. The van der Waals surface area contributed by atoms with E-state index in [0.29, 0.717) is 18.8 Å². The molecule has 0 bridgehead atoms. The summed E-state index contributed by atoms with van der Waals surface area (Å²) in [6.45, 7) is 6.64. The molecule has 0 spiro atoms. The van der Waals surface area contributed by atoms with E-state index in [1.54, 1.807) is 0 Å². The summed E-state index contributed by atoms with van der Waals surface area (Å²) in [5.74, 6) is -1.51. The van der Waals surface area contributed by atoms with Gasteiger partial charge in [0.05, 0.1) is 11.8 Å². The summed E-state index contributed by atoms with van der Waals surface area (Å²) in [6.07, 6.45) is 5.15. The lowest BCUT2D eigenvalue weighted by Crippen LogP contribution is -2.42. The summed E-state index contributed by atoms with van der Waals surface area (Å²) in [5, 5.41) is -0.118. The second kappa shape index (κ2) is 16.0. The maximum Gasteiger partial charge on any atom is 0.310 e. The van der Waals surface area contributed by atoms with Crippen molar-refractivity contribution in [2.75, 3.05) is 0 Å². The van der Waals surface area contributed by atoms with Gasteiger partial charge in [0.2, 0.25) is 0 Å². The molecule has 40 heavy (non-hydrogen) atoms. The number of alkyl halides is 3. The third kappa shape index (κ3) is 10.6. The van der Waals surface area contributed by atoms with Crippen molar-refractivity contribution in [3.8, 4) is 0 Å². The number of hydrogen-bond acceptors (Lipinski definition) is 4. The van der Waals surface area contributed by atoms with E-state index in [4.69, 9.17) is 44.3 Å². The second-order valence-corrected chi connectivity index (χ2v) is 13.8. The Kier molecular flexibility index (Phi) is 13.1. The van der Waals surface area contributed by atoms with Gasteiger partial charge in [-0.3, -0.25) is 9.59 Å². The van der Waals surface area contributed by atoms with Crippen LogP contribution in [0.25, 0.3) is 0 Å². The van der Waals surface area contributed by atoms with E-state index >= 15 is 0 Å². The highest BCUT2D eigenvalue weighted by Crippen LogP contribution is 2.42. The largest absolute Gasteiger partial charge is 0.461 e. The molecule has 1 saturated carbocycles. The molecule has 0 aromatic heterocycles. The molecule has 1 aliphatic carbocycles. The molecule has 0 heterocycles. The Morgan fingerprint density at radius 2 is 1.38 bits per heavy atom. The van der Waals surface area contributed by atoms with Gasteiger partial charge in [-0.25, -0.2) is 0 Å². The molecule has 6 unspecified atom stereocenters. The zero-order chi connectivity index (χ0) is 29.1. The summed E-state index contributed by atoms with van der Waals surface area (Å²) < 4.78 is 11.4. The molecule has 6 atom stereocenters. The van der Waals surface area contributed by atoms with Crippen molar-refractivity contribution in [3.05, 3.63) is 71.8 Å². The SMILES string of the molecule is CC(C)C(Cl)CCC(C)(Cl)CCCC1CC(C(=O)OCc2ccccc2)C(C(=O)OCc2ccccc2)CC1Cl. The Labute approximate surface area is 255 Å². The molecule has 220 valence electrons. The first kappa shape index (κ1) is 32.8. The van der Waals surface area contributed by atoms with Crippen LogP contribution in [0.3, 0.4) is 0 Å². The zero-order valence-electron chi connectivity index (χ0n) is 23.9. The van der Waals surface area contributed by atoms with Crippen molar-refractivity contribution >= 4 is 46.7 Å². The number of halogens is 3. The van der Waals surface area contributed by atoms with Gasteiger partial charge in [0.25, 0.3) is 0 Å². The van der Waals surface area contributed by atoms with Gasteiger partial charge in [0.1, 0.15) is 13.2 Å². The van der Waals surface area contributed by atoms with Gasteiger partial charge >= 0.3 is 11.9 Å². The fourth-order valence-electron chi connectivity index (χ4n) is 5.36. The van der Waals surface area contributed by atoms with Crippen molar-refractivity contribution in [1.29, 1.82) is 0 Å². The smallest absolute Gasteiger partial charge is 0.310 e. The zero-order valence-corrected chi connectivity index (χ0v) is 26.1. The monoisotopic (exact) mass is 608 g/mol. The first-order chi connectivity index (χ1) is 19.1. The van der Waals surface area contributed by atoms with Crippen LogP contribution < -0.4 is 0 Å². The van der Waals surface area contributed by atoms with Crippen molar-refractivity contribution in [3.63, 3.8) is 0 Å².